The monoisotopic (exact) mass is 315 g/mol. The highest BCUT2D eigenvalue weighted by molar-refractivity contribution is 6.30. The summed E-state index contributed by atoms with van der Waals surface area (Å²) in [6, 6.07) is 1.23. The van der Waals surface area contributed by atoms with E-state index in [4.69, 9.17) is 16.3 Å². The molecule has 2 atom stereocenters. The van der Waals surface area contributed by atoms with Gasteiger partial charge in [-0.25, -0.2) is 9.78 Å². The van der Waals surface area contributed by atoms with E-state index in [0.717, 1.165) is 0 Å². The zero-order valence-corrected chi connectivity index (χ0v) is 12.2. The Morgan fingerprint density at radius 1 is 1.62 bits per heavy atom. The number of anilines is 1. The molecule has 0 aromatic carbocycles. The summed E-state index contributed by atoms with van der Waals surface area (Å²) in [5, 5.41) is 11.3. The first-order valence-electron chi connectivity index (χ1n) is 6.20. The minimum absolute atomic E-state index is 0.131. The van der Waals surface area contributed by atoms with E-state index in [1.807, 2.05) is 0 Å². The molecule has 9 heteroatoms. The quantitative estimate of drug-likeness (QED) is 0.473. The van der Waals surface area contributed by atoms with Crippen LogP contribution in [0.25, 0.3) is 0 Å². The molecule has 2 rings (SSSR count). The molecular formula is C12H14ClN3O5. The molecule has 0 N–H and O–H groups in total. The van der Waals surface area contributed by atoms with Gasteiger partial charge in [0, 0.05) is 18.8 Å². The van der Waals surface area contributed by atoms with Gasteiger partial charge in [-0.15, -0.1) is 0 Å². The molecule has 0 spiro atoms. The van der Waals surface area contributed by atoms with E-state index in [-0.39, 0.29) is 29.2 Å². The maximum Gasteiger partial charge on any atom is 0.336 e. The number of nitrogens with zero attached hydrogens (tertiary/aromatic N) is 3. The molecule has 1 aromatic heterocycles. The van der Waals surface area contributed by atoms with Crippen LogP contribution in [0.1, 0.15) is 6.92 Å². The molecule has 1 aromatic rings. The van der Waals surface area contributed by atoms with Crippen molar-refractivity contribution in [2.45, 2.75) is 19.1 Å². The summed E-state index contributed by atoms with van der Waals surface area (Å²) in [5.41, 5.74) is -0.208. The predicted molar refractivity (Wildman–Crippen MR) is 74.5 cm³/mol. The number of morpholine rings is 1. The third-order valence-corrected chi connectivity index (χ3v) is 3.24. The van der Waals surface area contributed by atoms with Crippen LogP contribution in [0.4, 0.5) is 11.5 Å². The molecule has 1 aliphatic rings. The minimum Gasteiger partial charge on any atom is -0.467 e. The van der Waals surface area contributed by atoms with Gasteiger partial charge < -0.3 is 14.4 Å². The number of esters is 1. The maximum absolute atomic E-state index is 11.6. The molecule has 0 bridgehead atoms. The van der Waals surface area contributed by atoms with Crippen LogP contribution in [0.2, 0.25) is 5.02 Å². The summed E-state index contributed by atoms with van der Waals surface area (Å²) in [7, 11) is 1.26. The van der Waals surface area contributed by atoms with Crippen molar-refractivity contribution in [3.63, 3.8) is 0 Å². The van der Waals surface area contributed by atoms with Crippen LogP contribution in [-0.4, -0.2) is 48.3 Å². The lowest BCUT2D eigenvalue weighted by molar-refractivity contribution is -0.384. The molecule has 0 radical (unpaired) electrons. The number of halogens is 1. The van der Waals surface area contributed by atoms with Gasteiger partial charge >= 0.3 is 11.7 Å². The molecule has 21 heavy (non-hydrogen) atoms. The Morgan fingerprint density at radius 3 is 2.95 bits per heavy atom. The Balaban J connectivity index is 2.32. The van der Waals surface area contributed by atoms with Gasteiger partial charge in [0.1, 0.15) is 0 Å². The van der Waals surface area contributed by atoms with Crippen molar-refractivity contribution in [2.75, 3.05) is 25.1 Å². The molecule has 1 fully saturated rings. The van der Waals surface area contributed by atoms with Gasteiger partial charge in [-0.2, -0.15) is 0 Å². The number of rotatable bonds is 3. The number of carbonyl (C=O) groups is 1. The first-order valence-corrected chi connectivity index (χ1v) is 6.58. The Morgan fingerprint density at radius 2 is 2.33 bits per heavy atom. The van der Waals surface area contributed by atoms with Crippen LogP contribution in [0.15, 0.2) is 12.3 Å². The van der Waals surface area contributed by atoms with Crippen LogP contribution in [-0.2, 0) is 14.3 Å². The molecule has 1 saturated heterocycles. The summed E-state index contributed by atoms with van der Waals surface area (Å²) in [6.07, 6.45) is 0.229. The number of hydrogen-bond donors (Lipinski definition) is 0. The van der Waals surface area contributed by atoms with Crippen molar-refractivity contribution in [1.29, 1.82) is 0 Å². The van der Waals surface area contributed by atoms with Crippen LogP contribution in [0.5, 0.6) is 0 Å². The summed E-state index contributed by atoms with van der Waals surface area (Å²) in [6.45, 7) is 2.28. The van der Waals surface area contributed by atoms with Crippen molar-refractivity contribution < 1.29 is 19.2 Å². The first kappa shape index (κ1) is 15.5. The van der Waals surface area contributed by atoms with E-state index in [2.05, 4.69) is 9.72 Å². The second-order valence-electron chi connectivity index (χ2n) is 4.62. The maximum atomic E-state index is 11.6. The summed E-state index contributed by atoms with van der Waals surface area (Å²) in [4.78, 5) is 27.8. The number of methoxy groups -OCH3 is 1. The zero-order valence-electron chi connectivity index (χ0n) is 11.5. The molecular weight excluding hydrogens is 302 g/mol. The van der Waals surface area contributed by atoms with E-state index in [0.29, 0.717) is 6.54 Å². The number of hydrogen-bond acceptors (Lipinski definition) is 7. The summed E-state index contributed by atoms with van der Waals surface area (Å²) >= 11 is 5.75. The van der Waals surface area contributed by atoms with Crippen molar-refractivity contribution in [3.8, 4) is 0 Å². The molecule has 0 amide bonds. The highest BCUT2D eigenvalue weighted by atomic mass is 35.5. The molecule has 0 aliphatic carbocycles. The lowest BCUT2D eigenvalue weighted by atomic mass is 10.2. The van der Waals surface area contributed by atoms with E-state index >= 15 is 0 Å². The molecule has 2 heterocycles. The number of pyridine rings is 1. The normalized spacial score (nSPS) is 22.0. The van der Waals surface area contributed by atoms with Crippen LogP contribution < -0.4 is 4.90 Å². The lowest BCUT2D eigenvalue weighted by Crippen LogP contribution is -2.50. The standard InChI is InChI=1S/C12H14ClN3O5/c1-7-5-15(6-10(21-7)12(17)20-2)11-9(16(18)19)3-8(13)4-14-11/h3-4,7,10H,5-6H2,1-2H3/t7-,10-/m1/s1. The Labute approximate surface area is 125 Å². The predicted octanol–water partition coefficient (Wildman–Crippen LogP) is 1.41. The van der Waals surface area contributed by atoms with Crippen molar-refractivity contribution >= 4 is 29.1 Å². The number of carbonyl (C=O) groups excluding carboxylic acids is 1. The number of aromatic nitrogens is 1. The number of nitro groups is 1. The van der Waals surface area contributed by atoms with Crippen molar-refractivity contribution in [1.82, 2.24) is 4.98 Å². The van der Waals surface area contributed by atoms with E-state index < -0.39 is 17.0 Å². The zero-order chi connectivity index (χ0) is 15.6. The highest BCUT2D eigenvalue weighted by Crippen LogP contribution is 2.30. The summed E-state index contributed by atoms with van der Waals surface area (Å²) < 4.78 is 10.1. The van der Waals surface area contributed by atoms with Gasteiger partial charge in [-0.1, -0.05) is 11.6 Å². The number of ether oxygens (including phenoxy) is 2. The third-order valence-electron chi connectivity index (χ3n) is 3.03. The smallest absolute Gasteiger partial charge is 0.336 e. The fraction of sp³-hybridized carbons (Fsp3) is 0.500. The van der Waals surface area contributed by atoms with Gasteiger partial charge in [0.05, 0.1) is 29.7 Å². The van der Waals surface area contributed by atoms with Gasteiger partial charge in [-0.3, -0.25) is 10.1 Å². The second-order valence-corrected chi connectivity index (χ2v) is 5.05. The van der Waals surface area contributed by atoms with E-state index in [1.54, 1.807) is 11.8 Å². The van der Waals surface area contributed by atoms with Crippen molar-refractivity contribution in [2.24, 2.45) is 0 Å². The average molecular weight is 316 g/mol. The Kier molecular flexibility index (Phi) is 4.59. The molecule has 114 valence electrons. The molecule has 0 saturated carbocycles. The lowest BCUT2D eigenvalue weighted by Gasteiger charge is -2.35. The van der Waals surface area contributed by atoms with Crippen LogP contribution >= 0.6 is 11.6 Å². The second kappa shape index (κ2) is 6.23. The fourth-order valence-electron chi connectivity index (χ4n) is 2.19. The molecule has 8 nitrogen and oxygen atoms in total. The Bertz CT molecular complexity index is 568. The largest absolute Gasteiger partial charge is 0.467 e. The SMILES string of the molecule is COC(=O)[C@H]1CN(c2ncc(Cl)cc2[N+](=O)[O-])C[C@@H](C)O1. The highest BCUT2D eigenvalue weighted by Gasteiger charge is 2.34. The molecule has 1 aliphatic heterocycles. The Hall–Kier alpha value is -1.93. The average Bonchev–Trinajstić information content (AvgIpc) is 2.45. The topological polar surface area (TPSA) is 94.8 Å². The summed E-state index contributed by atoms with van der Waals surface area (Å²) in [5.74, 6) is -0.364. The van der Waals surface area contributed by atoms with Gasteiger partial charge in [-0.05, 0) is 6.92 Å². The molecule has 0 unspecified atom stereocenters. The van der Waals surface area contributed by atoms with Gasteiger partial charge in [0.15, 0.2) is 6.10 Å². The van der Waals surface area contributed by atoms with E-state index in [1.165, 1.54) is 19.4 Å². The van der Waals surface area contributed by atoms with Gasteiger partial charge in [0.25, 0.3) is 0 Å². The third kappa shape index (κ3) is 3.40. The minimum atomic E-state index is -0.809. The van der Waals surface area contributed by atoms with E-state index in [9.17, 15) is 14.9 Å². The van der Waals surface area contributed by atoms with Crippen LogP contribution in [0, 0.1) is 10.1 Å². The first-order chi connectivity index (χ1) is 9.92. The van der Waals surface area contributed by atoms with Crippen molar-refractivity contribution in [3.05, 3.63) is 27.4 Å². The van der Waals surface area contributed by atoms with Gasteiger partial charge in [0.2, 0.25) is 5.82 Å². The van der Waals surface area contributed by atoms with Crippen LogP contribution in [0.3, 0.4) is 0 Å². The fourth-order valence-corrected chi connectivity index (χ4v) is 2.34.